The zero-order valence-electron chi connectivity index (χ0n) is 11.3. The molecule has 3 aromatic rings. The van der Waals surface area contributed by atoms with Gasteiger partial charge in [0.25, 0.3) is 0 Å². The molecule has 0 spiro atoms. The fraction of sp³-hybridized carbons (Fsp3) is 0.0588. The fourth-order valence-corrected chi connectivity index (χ4v) is 2.25. The molecule has 2 aromatic carbocycles. The molecule has 0 bridgehead atoms. The molecule has 1 N–H and O–H groups in total. The summed E-state index contributed by atoms with van der Waals surface area (Å²) < 4.78 is 1.79. The Balaban J connectivity index is 2.13. The van der Waals surface area contributed by atoms with Gasteiger partial charge in [0.15, 0.2) is 0 Å². The molecular formula is C17H14N2O2. The van der Waals surface area contributed by atoms with Gasteiger partial charge < -0.3 is 5.11 Å². The summed E-state index contributed by atoms with van der Waals surface area (Å²) in [6, 6.07) is 21.4. The summed E-state index contributed by atoms with van der Waals surface area (Å²) in [7, 11) is 0. The van der Waals surface area contributed by atoms with Gasteiger partial charge in [-0.25, -0.2) is 4.68 Å². The Labute approximate surface area is 122 Å². The monoisotopic (exact) mass is 278 g/mol. The summed E-state index contributed by atoms with van der Waals surface area (Å²) in [5, 5.41) is 13.4. The molecule has 4 heteroatoms. The van der Waals surface area contributed by atoms with Gasteiger partial charge in [0.1, 0.15) is 0 Å². The van der Waals surface area contributed by atoms with Crippen LogP contribution in [0.1, 0.15) is 5.69 Å². The topological polar surface area (TPSA) is 55.1 Å². The summed E-state index contributed by atoms with van der Waals surface area (Å²) in [4.78, 5) is 10.9. The van der Waals surface area contributed by atoms with Crippen molar-refractivity contribution in [2.45, 2.75) is 6.42 Å². The zero-order valence-corrected chi connectivity index (χ0v) is 11.3. The van der Waals surface area contributed by atoms with Crippen molar-refractivity contribution in [2.75, 3.05) is 0 Å². The number of hydrogen-bond donors (Lipinski definition) is 1. The van der Waals surface area contributed by atoms with E-state index in [-0.39, 0.29) is 6.42 Å². The first-order valence-electron chi connectivity index (χ1n) is 6.65. The number of carboxylic acids is 1. The van der Waals surface area contributed by atoms with Crippen LogP contribution in [-0.4, -0.2) is 20.9 Å². The second-order valence-corrected chi connectivity index (χ2v) is 4.70. The van der Waals surface area contributed by atoms with Crippen molar-refractivity contribution >= 4 is 5.97 Å². The van der Waals surface area contributed by atoms with Gasteiger partial charge in [-0.05, 0) is 18.2 Å². The van der Waals surface area contributed by atoms with Crippen LogP contribution in [0.25, 0.3) is 16.9 Å². The average molecular weight is 278 g/mol. The maximum atomic E-state index is 10.9. The minimum Gasteiger partial charge on any atom is -0.481 e. The van der Waals surface area contributed by atoms with Crippen molar-refractivity contribution in [3.8, 4) is 16.9 Å². The van der Waals surface area contributed by atoms with Gasteiger partial charge >= 0.3 is 5.97 Å². The highest BCUT2D eigenvalue weighted by Crippen LogP contribution is 2.24. The summed E-state index contributed by atoms with van der Waals surface area (Å²) in [6.07, 6.45) is -0.0837. The van der Waals surface area contributed by atoms with Crippen molar-refractivity contribution in [3.63, 3.8) is 0 Å². The standard InChI is InChI=1S/C17H14N2O2/c20-17(21)12-14-11-16(13-7-3-1-4-8-13)19(18-14)15-9-5-2-6-10-15/h1-11H,12H2,(H,20,21). The number of aliphatic carboxylic acids is 1. The van der Waals surface area contributed by atoms with Crippen LogP contribution in [0.3, 0.4) is 0 Å². The third kappa shape index (κ3) is 2.84. The molecule has 0 saturated carbocycles. The molecular weight excluding hydrogens is 264 g/mol. The molecule has 0 radical (unpaired) electrons. The first-order chi connectivity index (χ1) is 10.2. The first kappa shape index (κ1) is 13.1. The van der Waals surface area contributed by atoms with Gasteiger partial charge in [-0.1, -0.05) is 48.5 Å². The predicted octanol–water partition coefficient (Wildman–Crippen LogP) is 3.17. The van der Waals surface area contributed by atoms with Crippen molar-refractivity contribution in [2.24, 2.45) is 0 Å². The molecule has 1 aromatic heterocycles. The third-order valence-electron chi connectivity index (χ3n) is 3.16. The lowest BCUT2D eigenvalue weighted by Gasteiger charge is -2.07. The minimum absolute atomic E-state index is 0.0837. The molecule has 0 atom stereocenters. The van der Waals surface area contributed by atoms with Crippen LogP contribution in [0, 0.1) is 0 Å². The van der Waals surface area contributed by atoms with Gasteiger partial charge in [-0.3, -0.25) is 4.79 Å². The van der Waals surface area contributed by atoms with Gasteiger partial charge in [-0.15, -0.1) is 0 Å². The quantitative estimate of drug-likeness (QED) is 0.797. The van der Waals surface area contributed by atoms with Gasteiger partial charge in [-0.2, -0.15) is 5.10 Å². The summed E-state index contributed by atoms with van der Waals surface area (Å²) in [5.74, 6) is -0.882. The van der Waals surface area contributed by atoms with E-state index in [2.05, 4.69) is 5.10 Å². The largest absolute Gasteiger partial charge is 0.481 e. The smallest absolute Gasteiger partial charge is 0.309 e. The summed E-state index contributed by atoms with van der Waals surface area (Å²) in [5.41, 5.74) is 3.35. The average Bonchev–Trinajstić information content (AvgIpc) is 2.92. The van der Waals surface area contributed by atoms with E-state index in [1.807, 2.05) is 66.7 Å². The number of rotatable bonds is 4. The molecule has 104 valence electrons. The zero-order chi connectivity index (χ0) is 14.7. The van der Waals surface area contributed by atoms with E-state index >= 15 is 0 Å². The van der Waals surface area contributed by atoms with Gasteiger partial charge in [0.2, 0.25) is 0 Å². The molecule has 3 rings (SSSR count). The van der Waals surface area contributed by atoms with Crippen LogP contribution in [0.2, 0.25) is 0 Å². The number of carbonyl (C=O) groups is 1. The Morgan fingerprint density at radius 1 is 1.00 bits per heavy atom. The number of benzene rings is 2. The molecule has 0 aliphatic rings. The van der Waals surface area contributed by atoms with E-state index < -0.39 is 5.97 Å². The number of carboxylic acid groups (broad SMARTS) is 1. The molecule has 21 heavy (non-hydrogen) atoms. The van der Waals surface area contributed by atoms with E-state index in [4.69, 9.17) is 5.11 Å². The normalized spacial score (nSPS) is 10.5. The van der Waals surface area contributed by atoms with Crippen LogP contribution in [0.4, 0.5) is 0 Å². The lowest BCUT2D eigenvalue weighted by atomic mass is 10.1. The number of hydrogen-bond acceptors (Lipinski definition) is 2. The maximum Gasteiger partial charge on any atom is 0.309 e. The number of aromatic nitrogens is 2. The Kier molecular flexibility index (Phi) is 3.51. The highest BCUT2D eigenvalue weighted by atomic mass is 16.4. The SMILES string of the molecule is O=C(O)Cc1cc(-c2ccccc2)n(-c2ccccc2)n1. The molecule has 1 heterocycles. The Bertz CT molecular complexity index is 692. The lowest BCUT2D eigenvalue weighted by molar-refractivity contribution is -0.136. The number of nitrogens with zero attached hydrogens (tertiary/aromatic N) is 2. The lowest BCUT2D eigenvalue weighted by Crippen LogP contribution is -2.03. The van der Waals surface area contributed by atoms with Crippen LogP contribution in [-0.2, 0) is 11.2 Å². The van der Waals surface area contributed by atoms with Crippen molar-refractivity contribution < 1.29 is 9.90 Å². The summed E-state index contributed by atoms with van der Waals surface area (Å²) >= 11 is 0. The Hall–Kier alpha value is -2.88. The molecule has 4 nitrogen and oxygen atoms in total. The molecule has 0 aliphatic carbocycles. The highest BCUT2D eigenvalue weighted by Gasteiger charge is 2.13. The third-order valence-corrected chi connectivity index (χ3v) is 3.16. The highest BCUT2D eigenvalue weighted by molar-refractivity contribution is 5.71. The van der Waals surface area contributed by atoms with Gasteiger partial charge in [0.05, 0.1) is 23.5 Å². The van der Waals surface area contributed by atoms with E-state index in [1.165, 1.54) is 0 Å². The van der Waals surface area contributed by atoms with E-state index in [9.17, 15) is 4.79 Å². The predicted molar refractivity (Wildman–Crippen MR) is 80.3 cm³/mol. The fourth-order valence-electron chi connectivity index (χ4n) is 2.25. The molecule has 0 saturated heterocycles. The second kappa shape index (κ2) is 5.63. The summed E-state index contributed by atoms with van der Waals surface area (Å²) in [6.45, 7) is 0. The van der Waals surface area contributed by atoms with Crippen molar-refractivity contribution in [1.29, 1.82) is 0 Å². The van der Waals surface area contributed by atoms with Crippen LogP contribution >= 0.6 is 0 Å². The van der Waals surface area contributed by atoms with Crippen molar-refractivity contribution in [1.82, 2.24) is 9.78 Å². The Morgan fingerprint density at radius 3 is 2.24 bits per heavy atom. The number of para-hydroxylation sites is 1. The minimum atomic E-state index is -0.882. The van der Waals surface area contributed by atoms with E-state index in [0.717, 1.165) is 16.9 Å². The molecule has 0 aliphatic heterocycles. The van der Waals surface area contributed by atoms with E-state index in [1.54, 1.807) is 4.68 Å². The van der Waals surface area contributed by atoms with Crippen LogP contribution < -0.4 is 0 Å². The molecule has 0 unspecified atom stereocenters. The maximum absolute atomic E-state index is 10.9. The van der Waals surface area contributed by atoms with E-state index in [0.29, 0.717) is 5.69 Å². The van der Waals surface area contributed by atoms with Crippen LogP contribution in [0.15, 0.2) is 66.7 Å². The molecule has 0 fully saturated rings. The second-order valence-electron chi connectivity index (χ2n) is 4.70. The van der Waals surface area contributed by atoms with Gasteiger partial charge in [0, 0.05) is 5.56 Å². The van der Waals surface area contributed by atoms with Crippen molar-refractivity contribution in [3.05, 3.63) is 72.4 Å². The Morgan fingerprint density at radius 2 is 1.62 bits per heavy atom. The molecule has 0 amide bonds. The van der Waals surface area contributed by atoms with Crippen LogP contribution in [0.5, 0.6) is 0 Å². The first-order valence-corrected chi connectivity index (χ1v) is 6.65.